The summed E-state index contributed by atoms with van der Waals surface area (Å²) < 4.78 is 2.26. The largest absolute Gasteiger partial charge is 0.331 e. The highest BCUT2D eigenvalue weighted by atomic mass is 35.5. The third-order valence-electron chi connectivity index (χ3n) is 3.99. The van der Waals surface area contributed by atoms with E-state index in [9.17, 15) is 0 Å². The maximum Gasteiger partial charge on any atom is 0.123 e. The Balaban J connectivity index is 1.74. The molecule has 3 rings (SSSR count). The lowest BCUT2D eigenvalue weighted by Gasteiger charge is -2.23. The van der Waals surface area contributed by atoms with Gasteiger partial charge in [0.2, 0.25) is 0 Å². The number of nitrogens with zero attached hydrogens (tertiary/aromatic N) is 3. The van der Waals surface area contributed by atoms with Crippen molar-refractivity contribution in [3.05, 3.63) is 53.1 Å². The van der Waals surface area contributed by atoms with Crippen molar-refractivity contribution in [3.8, 4) is 0 Å². The average molecular weight is 304 g/mol. The van der Waals surface area contributed by atoms with Gasteiger partial charge in [-0.1, -0.05) is 23.7 Å². The Morgan fingerprint density at radius 3 is 2.81 bits per heavy atom. The topological polar surface area (TPSA) is 21.1 Å². The van der Waals surface area contributed by atoms with Crippen LogP contribution in [-0.4, -0.2) is 20.5 Å². The minimum atomic E-state index is 0.453. The van der Waals surface area contributed by atoms with Crippen LogP contribution >= 0.6 is 11.6 Å². The fourth-order valence-electron chi connectivity index (χ4n) is 2.74. The molecule has 0 saturated heterocycles. The summed E-state index contributed by atoms with van der Waals surface area (Å²) in [5.74, 6) is 1.15. The molecule has 0 radical (unpaired) electrons. The van der Waals surface area contributed by atoms with Crippen molar-refractivity contribution in [1.29, 1.82) is 0 Å². The lowest BCUT2D eigenvalue weighted by atomic mass is 10.2. The van der Waals surface area contributed by atoms with Gasteiger partial charge in [-0.05, 0) is 44.4 Å². The van der Waals surface area contributed by atoms with Gasteiger partial charge in [-0.15, -0.1) is 0 Å². The Morgan fingerprint density at radius 2 is 2.14 bits per heavy atom. The summed E-state index contributed by atoms with van der Waals surface area (Å²) >= 11 is 6.10. The molecular weight excluding hydrogens is 282 g/mol. The van der Waals surface area contributed by atoms with E-state index in [4.69, 9.17) is 11.6 Å². The fourth-order valence-corrected chi connectivity index (χ4v) is 2.95. The summed E-state index contributed by atoms with van der Waals surface area (Å²) in [7, 11) is 0. The van der Waals surface area contributed by atoms with Gasteiger partial charge in [0, 0.05) is 36.0 Å². The van der Waals surface area contributed by atoms with E-state index in [1.807, 2.05) is 18.3 Å². The van der Waals surface area contributed by atoms with Gasteiger partial charge in [0.05, 0.1) is 6.54 Å². The molecule has 112 valence electrons. The predicted molar refractivity (Wildman–Crippen MR) is 86.3 cm³/mol. The number of imidazole rings is 1. The summed E-state index contributed by atoms with van der Waals surface area (Å²) in [6.45, 7) is 6.24. The monoisotopic (exact) mass is 303 g/mol. The van der Waals surface area contributed by atoms with Crippen LogP contribution in [0.5, 0.6) is 0 Å². The number of rotatable bonds is 6. The van der Waals surface area contributed by atoms with Crippen molar-refractivity contribution < 1.29 is 0 Å². The van der Waals surface area contributed by atoms with E-state index in [2.05, 4.69) is 46.6 Å². The quantitative estimate of drug-likeness (QED) is 0.794. The Hall–Kier alpha value is -1.32. The van der Waals surface area contributed by atoms with Crippen LogP contribution in [0.1, 0.15) is 44.1 Å². The second-order valence-electron chi connectivity index (χ2n) is 6.11. The molecule has 0 bridgehead atoms. The number of hydrogen-bond donors (Lipinski definition) is 0. The van der Waals surface area contributed by atoms with Crippen molar-refractivity contribution in [2.24, 2.45) is 0 Å². The van der Waals surface area contributed by atoms with E-state index in [0.29, 0.717) is 12.1 Å². The van der Waals surface area contributed by atoms with E-state index >= 15 is 0 Å². The van der Waals surface area contributed by atoms with E-state index in [1.54, 1.807) is 0 Å². The van der Waals surface area contributed by atoms with Gasteiger partial charge in [0.25, 0.3) is 0 Å². The smallest absolute Gasteiger partial charge is 0.123 e. The molecule has 4 heteroatoms. The van der Waals surface area contributed by atoms with Gasteiger partial charge in [-0.25, -0.2) is 4.98 Å². The van der Waals surface area contributed by atoms with Crippen LogP contribution in [0.2, 0.25) is 5.02 Å². The molecule has 1 aliphatic rings. The standard InChI is InChI=1S/C17H22ClN3/c1-13(2)21-9-8-19-17(21)12-20(16-6-7-16)11-14-4-3-5-15(18)10-14/h3-5,8-10,13,16H,6-7,11-12H2,1-2H3. The van der Waals surface area contributed by atoms with E-state index < -0.39 is 0 Å². The number of hydrogen-bond acceptors (Lipinski definition) is 2. The Kier molecular flexibility index (Phi) is 4.32. The molecule has 1 heterocycles. The van der Waals surface area contributed by atoms with Gasteiger partial charge in [0.15, 0.2) is 0 Å². The highest BCUT2D eigenvalue weighted by Crippen LogP contribution is 2.30. The molecule has 3 nitrogen and oxygen atoms in total. The first kappa shape index (κ1) is 14.6. The molecule has 0 unspecified atom stereocenters. The van der Waals surface area contributed by atoms with E-state index in [1.165, 1.54) is 18.4 Å². The maximum absolute atomic E-state index is 6.10. The molecule has 0 atom stereocenters. The van der Waals surface area contributed by atoms with Gasteiger partial charge >= 0.3 is 0 Å². The van der Waals surface area contributed by atoms with Crippen LogP contribution in [0.4, 0.5) is 0 Å². The average Bonchev–Trinajstić information content (AvgIpc) is 3.18. The maximum atomic E-state index is 6.10. The third kappa shape index (κ3) is 3.66. The Bertz CT molecular complexity index is 602. The molecular formula is C17H22ClN3. The zero-order valence-electron chi connectivity index (χ0n) is 12.7. The highest BCUT2D eigenvalue weighted by molar-refractivity contribution is 6.30. The molecule has 1 aromatic heterocycles. The minimum Gasteiger partial charge on any atom is -0.331 e. The molecule has 1 saturated carbocycles. The summed E-state index contributed by atoms with van der Waals surface area (Å²) in [6, 6.07) is 9.31. The Labute approximate surface area is 131 Å². The Morgan fingerprint density at radius 1 is 1.33 bits per heavy atom. The van der Waals surface area contributed by atoms with Crippen LogP contribution in [0.3, 0.4) is 0 Å². The minimum absolute atomic E-state index is 0.453. The number of aromatic nitrogens is 2. The van der Waals surface area contributed by atoms with Gasteiger partial charge < -0.3 is 4.57 Å². The van der Waals surface area contributed by atoms with Crippen LogP contribution < -0.4 is 0 Å². The molecule has 21 heavy (non-hydrogen) atoms. The second-order valence-corrected chi connectivity index (χ2v) is 6.55. The third-order valence-corrected chi connectivity index (χ3v) is 4.22. The van der Waals surface area contributed by atoms with E-state index in [0.717, 1.165) is 23.9 Å². The van der Waals surface area contributed by atoms with Gasteiger partial charge in [-0.2, -0.15) is 0 Å². The highest BCUT2D eigenvalue weighted by Gasteiger charge is 2.30. The zero-order valence-corrected chi connectivity index (χ0v) is 13.4. The van der Waals surface area contributed by atoms with Crippen molar-refractivity contribution in [1.82, 2.24) is 14.5 Å². The SMILES string of the molecule is CC(C)n1ccnc1CN(Cc1cccc(Cl)c1)C1CC1. The first-order chi connectivity index (χ1) is 10.1. The lowest BCUT2D eigenvalue weighted by Crippen LogP contribution is -2.27. The first-order valence-corrected chi connectivity index (χ1v) is 8.01. The molecule has 1 aromatic carbocycles. The van der Waals surface area contributed by atoms with Crippen LogP contribution in [-0.2, 0) is 13.1 Å². The number of halogens is 1. The van der Waals surface area contributed by atoms with Gasteiger partial charge in [-0.3, -0.25) is 4.90 Å². The van der Waals surface area contributed by atoms with Crippen molar-refractivity contribution in [3.63, 3.8) is 0 Å². The summed E-state index contributed by atoms with van der Waals surface area (Å²) in [4.78, 5) is 7.06. The summed E-state index contributed by atoms with van der Waals surface area (Å²) in [6.07, 6.45) is 6.57. The molecule has 0 aliphatic heterocycles. The van der Waals surface area contributed by atoms with Crippen LogP contribution in [0, 0.1) is 0 Å². The molecule has 0 N–H and O–H groups in total. The predicted octanol–water partition coefficient (Wildman–Crippen LogP) is 4.28. The molecule has 2 aromatic rings. The van der Waals surface area contributed by atoms with Crippen molar-refractivity contribution >= 4 is 11.6 Å². The van der Waals surface area contributed by atoms with Crippen LogP contribution in [0.15, 0.2) is 36.7 Å². The first-order valence-electron chi connectivity index (χ1n) is 7.63. The molecule has 1 aliphatic carbocycles. The zero-order chi connectivity index (χ0) is 14.8. The normalized spacial score (nSPS) is 15.1. The van der Waals surface area contributed by atoms with E-state index in [-0.39, 0.29) is 0 Å². The second kappa shape index (κ2) is 6.20. The molecule has 1 fully saturated rings. The van der Waals surface area contributed by atoms with Crippen molar-refractivity contribution in [2.75, 3.05) is 0 Å². The molecule has 0 amide bonds. The fraction of sp³-hybridized carbons (Fsp3) is 0.471. The molecule has 0 spiro atoms. The summed E-state index contributed by atoms with van der Waals surface area (Å²) in [5, 5.41) is 0.812. The van der Waals surface area contributed by atoms with Crippen LogP contribution in [0.25, 0.3) is 0 Å². The van der Waals surface area contributed by atoms with Gasteiger partial charge in [0.1, 0.15) is 5.82 Å². The summed E-state index contributed by atoms with van der Waals surface area (Å²) in [5.41, 5.74) is 1.28. The van der Waals surface area contributed by atoms with Crippen molar-refractivity contribution in [2.45, 2.75) is 51.9 Å². The number of benzene rings is 1. The lowest BCUT2D eigenvalue weighted by molar-refractivity contribution is 0.234.